The zero-order valence-corrected chi connectivity index (χ0v) is 12.4. The summed E-state index contributed by atoms with van der Waals surface area (Å²) in [5, 5.41) is 4.24. The number of hydrogen-bond acceptors (Lipinski definition) is 4. The van der Waals surface area contributed by atoms with Crippen molar-refractivity contribution in [2.24, 2.45) is 18.3 Å². The van der Waals surface area contributed by atoms with Crippen molar-refractivity contribution in [1.29, 1.82) is 0 Å². The minimum atomic E-state index is -0.229. The van der Waals surface area contributed by atoms with Gasteiger partial charge in [0.2, 0.25) is 0 Å². The van der Waals surface area contributed by atoms with Crippen LogP contribution in [0.25, 0.3) is 0 Å². The standard InChI is InChI=1S/C14H26N4O/c1-13(2)5-7-14(19-4,8-6-13)12(17-15)11-9-16-18(3)10-11/h9-10,12,17H,5-8,15H2,1-4H3. The fraction of sp³-hybridized carbons (Fsp3) is 0.786. The normalized spacial score (nSPS) is 23.2. The number of aryl methyl sites for hydroxylation is 1. The number of aromatic nitrogens is 2. The first-order valence-corrected chi connectivity index (χ1v) is 6.92. The number of hydrogen-bond donors (Lipinski definition) is 2. The van der Waals surface area contributed by atoms with E-state index in [-0.39, 0.29) is 11.6 Å². The summed E-state index contributed by atoms with van der Waals surface area (Å²) in [6, 6.07) is -0.0118. The molecular weight excluding hydrogens is 240 g/mol. The lowest BCUT2D eigenvalue weighted by Gasteiger charge is -2.46. The van der Waals surface area contributed by atoms with Crippen molar-refractivity contribution >= 4 is 0 Å². The van der Waals surface area contributed by atoms with Crippen LogP contribution in [0.3, 0.4) is 0 Å². The molecule has 1 unspecified atom stereocenters. The average Bonchev–Trinajstić information content (AvgIpc) is 2.79. The summed E-state index contributed by atoms with van der Waals surface area (Å²) in [5.41, 5.74) is 4.20. The predicted octanol–water partition coefficient (Wildman–Crippen LogP) is 1.91. The molecule has 1 saturated carbocycles. The van der Waals surface area contributed by atoms with Crippen LogP contribution in [0.5, 0.6) is 0 Å². The Bertz CT molecular complexity index is 417. The highest BCUT2D eigenvalue weighted by atomic mass is 16.5. The third-order valence-electron chi connectivity index (χ3n) is 4.61. The lowest BCUT2D eigenvalue weighted by molar-refractivity contribution is -0.0877. The number of rotatable bonds is 4. The molecule has 2 rings (SSSR count). The van der Waals surface area contributed by atoms with Gasteiger partial charge in [0.1, 0.15) is 0 Å². The van der Waals surface area contributed by atoms with Crippen LogP contribution in [0.2, 0.25) is 0 Å². The van der Waals surface area contributed by atoms with E-state index in [1.807, 2.05) is 19.4 Å². The first-order valence-electron chi connectivity index (χ1n) is 6.92. The molecule has 1 aromatic rings. The Morgan fingerprint density at radius 3 is 2.42 bits per heavy atom. The molecule has 0 aliphatic heterocycles. The van der Waals surface area contributed by atoms with E-state index in [1.54, 1.807) is 11.8 Å². The summed E-state index contributed by atoms with van der Waals surface area (Å²) in [5.74, 6) is 5.81. The summed E-state index contributed by atoms with van der Waals surface area (Å²) in [7, 11) is 3.71. The van der Waals surface area contributed by atoms with Crippen molar-refractivity contribution < 1.29 is 4.74 Å². The summed E-state index contributed by atoms with van der Waals surface area (Å²) < 4.78 is 7.71. The molecule has 5 heteroatoms. The predicted molar refractivity (Wildman–Crippen MR) is 75.3 cm³/mol. The summed E-state index contributed by atoms with van der Waals surface area (Å²) in [6.07, 6.45) is 8.20. The van der Waals surface area contributed by atoms with E-state index in [9.17, 15) is 0 Å². The Morgan fingerprint density at radius 2 is 2.00 bits per heavy atom. The molecule has 0 amide bonds. The SMILES string of the molecule is COC1(C(NN)c2cnn(C)c2)CCC(C)(C)CC1. The van der Waals surface area contributed by atoms with E-state index in [2.05, 4.69) is 24.4 Å². The van der Waals surface area contributed by atoms with E-state index in [4.69, 9.17) is 10.6 Å². The van der Waals surface area contributed by atoms with Crippen molar-refractivity contribution in [2.75, 3.05) is 7.11 Å². The van der Waals surface area contributed by atoms with Gasteiger partial charge in [0, 0.05) is 25.9 Å². The Balaban J connectivity index is 2.24. The second-order valence-electron chi connectivity index (χ2n) is 6.48. The first kappa shape index (κ1) is 14.5. The van der Waals surface area contributed by atoms with Gasteiger partial charge in [-0.3, -0.25) is 10.5 Å². The maximum absolute atomic E-state index is 5.91. The molecular formula is C14H26N4O. The Kier molecular flexibility index (Phi) is 3.99. The lowest BCUT2D eigenvalue weighted by atomic mass is 9.67. The van der Waals surface area contributed by atoms with E-state index in [0.29, 0.717) is 5.41 Å². The van der Waals surface area contributed by atoms with E-state index < -0.39 is 0 Å². The second kappa shape index (κ2) is 5.23. The second-order valence-corrected chi connectivity index (χ2v) is 6.48. The van der Waals surface area contributed by atoms with Gasteiger partial charge in [-0.1, -0.05) is 13.8 Å². The maximum Gasteiger partial charge on any atom is 0.0887 e. The number of hydrazine groups is 1. The summed E-state index contributed by atoms with van der Waals surface area (Å²) in [4.78, 5) is 0. The van der Waals surface area contributed by atoms with Gasteiger partial charge >= 0.3 is 0 Å². The molecule has 1 aliphatic rings. The number of nitrogens with one attached hydrogen (secondary N) is 1. The van der Waals surface area contributed by atoms with Gasteiger partial charge in [0.25, 0.3) is 0 Å². The maximum atomic E-state index is 5.91. The monoisotopic (exact) mass is 266 g/mol. The molecule has 1 aromatic heterocycles. The van der Waals surface area contributed by atoms with Crippen molar-refractivity contribution in [1.82, 2.24) is 15.2 Å². The van der Waals surface area contributed by atoms with Crippen LogP contribution in [-0.2, 0) is 11.8 Å². The third kappa shape index (κ3) is 2.83. The molecule has 19 heavy (non-hydrogen) atoms. The smallest absolute Gasteiger partial charge is 0.0887 e. The number of nitrogens with zero attached hydrogens (tertiary/aromatic N) is 2. The molecule has 0 radical (unpaired) electrons. The highest BCUT2D eigenvalue weighted by Gasteiger charge is 2.45. The number of methoxy groups -OCH3 is 1. The van der Waals surface area contributed by atoms with Crippen molar-refractivity contribution in [2.45, 2.75) is 51.2 Å². The van der Waals surface area contributed by atoms with Crippen LogP contribution >= 0.6 is 0 Å². The lowest BCUT2D eigenvalue weighted by Crippen LogP contribution is -2.50. The molecule has 3 N–H and O–H groups in total. The first-order chi connectivity index (χ1) is 8.92. The van der Waals surface area contributed by atoms with E-state index in [1.165, 1.54) is 0 Å². The molecule has 0 spiro atoms. The van der Waals surface area contributed by atoms with Crippen LogP contribution in [0.15, 0.2) is 12.4 Å². The van der Waals surface area contributed by atoms with Crippen molar-refractivity contribution in [3.8, 4) is 0 Å². The van der Waals surface area contributed by atoms with E-state index >= 15 is 0 Å². The average molecular weight is 266 g/mol. The third-order valence-corrected chi connectivity index (χ3v) is 4.61. The Labute approximate surface area is 115 Å². The largest absolute Gasteiger partial charge is 0.376 e. The minimum Gasteiger partial charge on any atom is -0.376 e. The summed E-state index contributed by atoms with van der Waals surface area (Å²) >= 11 is 0. The van der Waals surface area contributed by atoms with Gasteiger partial charge in [-0.25, -0.2) is 5.43 Å². The van der Waals surface area contributed by atoms with Crippen molar-refractivity contribution in [3.05, 3.63) is 18.0 Å². The Morgan fingerprint density at radius 1 is 1.37 bits per heavy atom. The number of ether oxygens (including phenoxy) is 1. The van der Waals surface area contributed by atoms with Gasteiger partial charge in [-0.2, -0.15) is 5.10 Å². The quantitative estimate of drug-likeness (QED) is 0.645. The number of nitrogens with two attached hydrogens (primary N) is 1. The van der Waals surface area contributed by atoms with Crippen LogP contribution < -0.4 is 11.3 Å². The van der Waals surface area contributed by atoms with Gasteiger partial charge in [-0.05, 0) is 31.1 Å². The topological polar surface area (TPSA) is 65.1 Å². The zero-order valence-electron chi connectivity index (χ0n) is 12.4. The van der Waals surface area contributed by atoms with Crippen LogP contribution in [0.1, 0.15) is 51.1 Å². The highest BCUT2D eigenvalue weighted by molar-refractivity contribution is 5.17. The highest BCUT2D eigenvalue weighted by Crippen LogP contribution is 2.47. The van der Waals surface area contributed by atoms with Gasteiger partial charge in [0.05, 0.1) is 17.8 Å². The van der Waals surface area contributed by atoms with Gasteiger partial charge < -0.3 is 4.74 Å². The molecule has 5 nitrogen and oxygen atoms in total. The zero-order chi connectivity index (χ0) is 14.1. The molecule has 1 atom stereocenters. The van der Waals surface area contributed by atoms with E-state index in [0.717, 1.165) is 31.2 Å². The van der Waals surface area contributed by atoms with Gasteiger partial charge in [0.15, 0.2) is 0 Å². The molecule has 0 aromatic carbocycles. The fourth-order valence-electron chi connectivity index (χ4n) is 3.10. The minimum absolute atomic E-state index is 0.0118. The molecule has 0 bridgehead atoms. The van der Waals surface area contributed by atoms with Crippen LogP contribution in [0, 0.1) is 5.41 Å². The van der Waals surface area contributed by atoms with Crippen LogP contribution in [0.4, 0.5) is 0 Å². The van der Waals surface area contributed by atoms with Gasteiger partial charge in [-0.15, -0.1) is 0 Å². The van der Waals surface area contributed by atoms with Crippen LogP contribution in [-0.4, -0.2) is 22.5 Å². The molecule has 1 aliphatic carbocycles. The fourth-order valence-corrected chi connectivity index (χ4v) is 3.10. The molecule has 108 valence electrons. The van der Waals surface area contributed by atoms with Crippen molar-refractivity contribution in [3.63, 3.8) is 0 Å². The Hall–Kier alpha value is -0.910. The molecule has 1 heterocycles. The summed E-state index contributed by atoms with van der Waals surface area (Å²) in [6.45, 7) is 4.64. The molecule has 0 saturated heterocycles. The molecule has 1 fully saturated rings.